The second kappa shape index (κ2) is 7.26. The summed E-state index contributed by atoms with van der Waals surface area (Å²) in [6.45, 7) is 2.07. The first kappa shape index (κ1) is 17.9. The number of aromatic nitrogens is 4. The summed E-state index contributed by atoms with van der Waals surface area (Å²) in [5, 5.41) is 13.8. The van der Waals surface area contributed by atoms with Crippen LogP contribution in [0.15, 0.2) is 47.4 Å². The summed E-state index contributed by atoms with van der Waals surface area (Å²) in [6, 6.07) is 12.7. The van der Waals surface area contributed by atoms with Crippen LogP contribution in [0.25, 0.3) is 10.8 Å². The number of nitrogens with one attached hydrogen (secondary N) is 1. The summed E-state index contributed by atoms with van der Waals surface area (Å²) < 4.78 is 28.2. The number of fused-ring (bicyclic) bond motifs is 1. The Morgan fingerprint density at radius 2 is 1.81 bits per heavy atom. The lowest BCUT2D eigenvalue weighted by Gasteiger charge is -2.26. The van der Waals surface area contributed by atoms with Gasteiger partial charge in [-0.25, -0.2) is 13.1 Å². The molecule has 1 aliphatic carbocycles. The number of rotatable bonds is 5. The van der Waals surface area contributed by atoms with Gasteiger partial charge >= 0.3 is 0 Å². The molecular formula is C19H23N5O2S. The number of hydrogen-bond acceptors (Lipinski definition) is 5. The van der Waals surface area contributed by atoms with E-state index >= 15 is 0 Å². The zero-order valence-electron chi connectivity index (χ0n) is 15.2. The molecule has 4 rings (SSSR count). The van der Waals surface area contributed by atoms with Crippen LogP contribution in [0.5, 0.6) is 0 Å². The maximum Gasteiger partial charge on any atom is 0.277 e. The number of tetrazole rings is 1. The number of sulfonamides is 1. The van der Waals surface area contributed by atoms with E-state index in [4.69, 9.17) is 0 Å². The van der Waals surface area contributed by atoms with Gasteiger partial charge in [-0.05, 0) is 42.3 Å². The zero-order valence-corrected chi connectivity index (χ0v) is 16.1. The van der Waals surface area contributed by atoms with Gasteiger partial charge in [0.05, 0.1) is 10.9 Å². The lowest BCUT2D eigenvalue weighted by molar-refractivity contribution is 0.231. The van der Waals surface area contributed by atoms with E-state index in [9.17, 15) is 8.42 Å². The average molecular weight is 385 g/mol. The molecule has 1 unspecified atom stereocenters. The van der Waals surface area contributed by atoms with Crippen LogP contribution < -0.4 is 4.72 Å². The summed E-state index contributed by atoms with van der Waals surface area (Å²) in [5.74, 6) is 0.515. The monoisotopic (exact) mass is 385 g/mol. The second-order valence-corrected chi connectivity index (χ2v) is 8.81. The average Bonchev–Trinajstić information content (AvgIpc) is 3.15. The Hall–Kier alpha value is -2.48. The molecule has 1 atom stereocenters. The Bertz CT molecular complexity index is 1040. The second-order valence-electron chi connectivity index (χ2n) is 7.15. The quantitative estimate of drug-likeness (QED) is 0.722. The first-order chi connectivity index (χ1) is 13.0. The van der Waals surface area contributed by atoms with E-state index in [0.717, 1.165) is 18.2 Å². The third-order valence-electron chi connectivity index (χ3n) is 5.39. The van der Waals surface area contributed by atoms with Crippen LogP contribution in [0.4, 0.5) is 5.95 Å². The molecule has 0 aliphatic heterocycles. The predicted molar refractivity (Wildman–Crippen MR) is 104 cm³/mol. The van der Waals surface area contributed by atoms with Gasteiger partial charge in [-0.1, -0.05) is 60.8 Å². The molecule has 0 saturated heterocycles. The maximum atomic E-state index is 12.9. The Kier molecular flexibility index (Phi) is 4.82. The van der Waals surface area contributed by atoms with Crippen molar-refractivity contribution in [3.63, 3.8) is 0 Å². The normalized spacial score (nSPS) is 17.1. The van der Waals surface area contributed by atoms with Crippen molar-refractivity contribution in [1.29, 1.82) is 0 Å². The molecule has 3 aromatic rings. The van der Waals surface area contributed by atoms with Gasteiger partial charge in [0.2, 0.25) is 0 Å². The minimum Gasteiger partial charge on any atom is -0.245 e. The molecule has 1 N–H and O–H groups in total. The van der Waals surface area contributed by atoms with Gasteiger partial charge in [-0.15, -0.1) is 5.10 Å². The molecule has 0 bridgehead atoms. The highest BCUT2D eigenvalue weighted by molar-refractivity contribution is 7.93. The van der Waals surface area contributed by atoms with Crippen LogP contribution >= 0.6 is 0 Å². The van der Waals surface area contributed by atoms with E-state index in [1.807, 2.05) is 24.3 Å². The van der Waals surface area contributed by atoms with Crippen molar-refractivity contribution < 1.29 is 8.42 Å². The number of nitrogens with zero attached hydrogens (tertiary/aromatic N) is 4. The SMILES string of the molecule is CC(C1CCCCC1)n1nnc(NS(=O)(=O)c2cccc3ccccc23)n1. The van der Waals surface area contributed by atoms with Crippen LogP contribution in [-0.2, 0) is 10.0 Å². The molecule has 142 valence electrons. The Labute approximate surface area is 158 Å². The summed E-state index contributed by atoms with van der Waals surface area (Å²) in [6.07, 6.45) is 6.04. The van der Waals surface area contributed by atoms with E-state index < -0.39 is 10.0 Å². The number of benzene rings is 2. The maximum absolute atomic E-state index is 12.9. The number of anilines is 1. The van der Waals surface area contributed by atoms with Crippen molar-refractivity contribution in [3.8, 4) is 0 Å². The third-order valence-corrected chi connectivity index (χ3v) is 6.78. The molecule has 1 aromatic heterocycles. The largest absolute Gasteiger partial charge is 0.277 e. The van der Waals surface area contributed by atoms with Gasteiger partial charge in [0.1, 0.15) is 0 Å². The first-order valence-electron chi connectivity index (χ1n) is 9.35. The zero-order chi connectivity index (χ0) is 18.9. The van der Waals surface area contributed by atoms with Crippen LogP contribution in [0.2, 0.25) is 0 Å². The molecule has 0 spiro atoms. The molecule has 1 aliphatic rings. The van der Waals surface area contributed by atoms with Gasteiger partial charge in [0.25, 0.3) is 16.0 Å². The first-order valence-corrected chi connectivity index (χ1v) is 10.8. The van der Waals surface area contributed by atoms with E-state index in [-0.39, 0.29) is 16.9 Å². The summed E-state index contributed by atoms with van der Waals surface area (Å²) >= 11 is 0. The summed E-state index contributed by atoms with van der Waals surface area (Å²) in [5.41, 5.74) is 0. The highest BCUT2D eigenvalue weighted by Crippen LogP contribution is 2.32. The fourth-order valence-electron chi connectivity index (χ4n) is 3.85. The molecule has 1 heterocycles. The molecule has 0 amide bonds. The fraction of sp³-hybridized carbons (Fsp3) is 0.421. The van der Waals surface area contributed by atoms with E-state index in [1.54, 1.807) is 18.2 Å². The highest BCUT2D eigenvalue weighted by Gasteiger charge is 2.25. The van der Waals surface area contributed by atoms with E-state index in [0.29, 0.717) is 11.3 Å². The van der Waals surface area contributed by atoms with Crippen molar-refractivity contribution in [2.75, 3.05) is 4.72 Å². The third kappa shape index (κ3) is 3.66. The van der Waals surface area contributed by atoms with E-state index in [2.05, 4.69) is 27.1 Å². The molecule has 1 fully saturated rings. The summed E-state index contributed by atoms with van der Waals surface area (Å²) in [7, 11) is -3.81. The van der Waals surface area contributed by atoms with Crippen molar-refractivity contribution in [2.24, 2.45) is 5.92 Å². The molecule has 8 heteroatoms. The van der Waals surface area contributed by atoms with E-state index in [1.165, 1.54) is 24.1 Å². The fourth-order valence-corrected chi connectivity index (χ4v) is 5.01. The summed E-state index contributed by atoms with van der Waals surface area (Å²) in [4.78, 5) is 1.74. The minimum absolute atomic E-state index is 0.00518. The Balaban J connectivity index is 1.57. The van der Waals surface area contributed by atoms with Crippen LogP contribution in [0.3, 0.4) is 0 Å². The molecule has 1 saturated carbocycles. The van der Waals surface area contributed by atoms with Crippen molar-refractivity contribution in [1.82, 2.24) is 20.2 Å². The highest BCUT2D eigenvalue weighted by atomic mass is 32.2. The lowest BCUT2D eigenvalue weighted by Crippen LogP contribution is -2.21. The molecule has 0 radical (unpaired) electrons. The molecule has 2 aromatic carbocycles. The Morgan fingerprint density at radius 3 is 2.63 bits per heavy atom. The van der Waals surface area contributed by atoms with Gasteiger partial charge in [0.15, 0.2) is 0 Å². The smallest absolute Gasteiger partial charge is 0.245 e. The van der Waals surface area contributed by atoms with Gasteiger partial charge in [-0.3, -0.25) is 0 Å². The van der Waals surface area contributed by atoms with Gasteiger partial charge in [-0.2, -0.15) is 4.80 Å². The van der Waals surface area contributed by atoms with Crippen molar-refractivity contribution in [3.05, 3.63) is 42.5 Å². The van der Waals surface area contributed by atoms with Gasteiger partial charge in [0, 0.05) is 5.39 Å². The topological polar surface area (TPSA) is 89.8 Å². The molecule has 7 nitrogen and oxygen atoms in total. The van der Waals surface area contributed by atoms with Gasteiger partial charge < -0.3 is 0 Å². The van der Waals surface area contributed by atoms with Crippen LogP contribution in [0, 0.1) is 5.92 Å². The minimum atomic E-state index is -3.81. The molecular weight excluding hydrogens is 362 g/mol. The standard InChI is InChI=1S/C19H23N5O2S/c1-14(15-8-3-2-4-9-15)24-21-19(20-23-24)22-27(25,26)18-13-7-11-16-10-5-6-12-17(16)18/h5-7,10-15H,2-4,8-9H2,1H3,(H,21,22). The van der Waals surface area contributed by atoms with Crippen LogP contribution in [0.1, 0.15) is 45.1 Å². The van der Waals surface area contributed by atoms with Crippen molar-refractivity contribution >= 4 is 26.7 Å². The van der Waals surface area contributed by atoms with Crippen LogP contribution in [-0.4, -0.2) is 28.6 Å². The predicted octanol–water partition coefficient (Wildman–Crippen LogP) is 3.77. The lowest BCUT2D eigenvalue weighted by atomic mass is 9.85. The Morgan fingerprint density at radius 1 is 1.07 bits per heavy atom. The number of hydrogen-bond donors (Lipinski definition) is 1. The molecule has 27 heavy (non-hydrogen) atoms. The van der Waals surface area contributed by atoms with Crippen molar-refractivity contribution in [2.45, 2.75) is 50.0 Å².